The van der Waals surface area contributed by atoms with Gasteiger partial charge in [0.05, 0.1) is 29.9 Å². The number of aromatic nitrogens is 2. The molecule has 0 saturated carbocycles. The standard InChI is InChI=1S/C20H23FN8O2/c1-28(9-6-22)20(31)29-8-5-15(14(21)12-29)26-16-10-18(25-11-13(16)19(23)30)27-17-4-2-3-7-24-17/h2-4,7,10-11,14-15H,5,8-9,12H2,1H3,(H2,23,30)(H2,24,25,26,27)/t14-,15+/m0/s1. The van der Waals surface area contributed by atoms with E-state index in [4.69, 9.17) is 11.0 Å². The van der Waals surface area contributed by atoms with Gasteiger partial charge in [-0.1, -0.05) is 6.07 Å². The highest BCUT2D eigenvalue weighted by Gasteiger charge is 2.33. The van der Waals surface area contributed by atoms with Crippen LogP contribution in [-0.4, -0.2) is 70.6 Å². The summed E-state index contributed by atoms with van der Waals surface area (Å²) in [6.45, 7) is 0.115. The molecule has 1 saturated heterocycles. The summed E-state index contributed by atoms with van der Waals surface area (Å²) in [6, 6.07) is 7.77. The molecule has 4 N–H and O–H groups in total. The Balaban J connectivity index is 1.72. The van der Waals surface area contributed by atoms with Gasteiger partial charge in [0.15, 0.2) is 0 Å². The molecule has 2 atom stereocenters. The van der Waals surface area contributed by atoms with E-state index in [2.05, 4.69) is 20.6 Å². The van der Waals surface area contributed by atoms with Crippen molar-refractivity contribution in [3.63, 3.8) is 0 Å². The number of halogens is 1. The van der Waals surface area contributed by atoms with Gasteiger partial charge in [0.25, 0.3) is 5.91 Å². The van der Waals surface area contributed by atoms with Gasteiger partial charge in [-0.25, -0.2) is 19.2 Å². The first kappa shape index (κ1) is 21.8. The van der Waals surface area contributed by atoms with Crippen molar-refractivity contribution in [1.29, 1.82) is 5.26 Å². The minimum absolute atomic E-state index is 0.0704. The van der Waals surface area contributed by atoms with Crippen LogP contribution < -0.4 is 16.4 Å². The molecule has 31 heavy (non-hydrogen) atoms. The predicted octanol–water partition coefficient (Wildman–Crippen LogP) is 1.72. The van der Waals surface area contributed by atoms with E-state index in [-0.39, 0.29) is 18.7 Å². The van der Waals surface area contributed by atoms with Crippen molar-refractivity contribution < 1.29 is 14.0 Å². The molecule has 11 heteroatoms. The van der Waals surface area contributed by atoms with Crippen molar-refractivity contribution in [2.45, 2.75) is 18.6 Å². The SMILES string of the molecule is CN(CC#N)C(=O)N1CC[C@@H](Nc2cc(Nc3ccccn3)ncc2C(N)=O)[C@@H](F)C1. The van der Waals surface area contributed by atoms with Gasteiger partial charge in [0.2, 0.25) is 0 Å². The summed E-state index contributed by atoms with van der Waals surface area (Å²) in [5.74, 6) is 0.275. The molecular weight excluding hydrogens is 403 g/mol. The quantitative estimate of drug-likeness (QED) is 0.597. The third-order valence-corrected chi connectivity index (χ3v) is 4.88. The monoisotopic (exact) mass is 426 g/mol. The number of anilines is 3. The molecule has 2 aromatic heterocycles. The number of carbonyl (C=O) groups excluding carboxylic acids is 2. The fourth-order valence-electron chi connectivity index (χ4n) is 3.26. The molecule has 0 radical (unpaired) electrons. The molecule has 1 fully saturated rings. The van der Waals surface area contributed by atoms with E-state index in [1.807, 2.05) is 12.1 Å². The zero-order valence-electron chi connectivity index (χ0n) is 17.0. The number of amides is 3. The maximum absolute atomic E-state index is 14.9. The smallest absolute Gasteiger partial charge is 0.320 e. The number of likely N-dealkylation sites (tertiary alicyclic amines) is 1. The summed E-state index contributed by atoms with van der Waals surface area (Å²) < 4.78 is 14.9. The molecule has 0 bridgehead atoms. The van der Waals surface area contributed by atoms with E-state index >= 15 is 0 Å². The summed E-state index contributed by atoms with van der Waals surface area (Å²) >= 11 is 0. The number of primary amides is 1. The van der Waals surface area contributed by atoms with Crippen LogP contribution in [0.4, 0.5) is 26.5 Å². The average molecular weight is 426 g/mol. The molecular formula is C20H23FN8O2. The van der Waals surface area contributed by atoms with E-state index in [9.17, 15) is 14.0 Å². The average Bonchev–Trinajstić information content (AvgIpc) is 2.75. The number of nitrogens with one attached hydrogen (secondary N) is 2. The molecule has 0 unspecified atom stereocenters. The lowest BCUT2D eigenvalue weighted by molar-refractivity contribution is 0.1000. The summed E-state index contributed by atoms with van der Waals surface area (Å²) in [5.41, 5.74) is 5.92. The Morgan fingerprint density at radius 2 is 2.19 bits per heavy atom. The van der Waals surface area contributed by atoms with E-state index in [0.29, 0.717) is 30.3 Å². The predicted molar refractivity (Wildman–Crippen MR) is 112 cm³/mol. The third kappa shape index (κ3) is 5.36. The van der Waals surface area contributed by atoms with Crippen LogP contribution in [0.2, 0.25) is 0 Å². The lowest BCUT2D eigenvalue weighted by Crippen LogP contribution is -2.53. The van der Waals surface area contributed by atoms with Crippen LogP contribution in [0.25, 0.3) is 0 Å². The number of pyridine rings is 2. The van der Waals surface area contributed by atoms with Crippen molar-refractivity contribution in [3.05, 3.63) is 42.2 Å². The highest BCUT2D eigenvalue weighted by atomic mass is 19.1. The Morgan fingerprint density at radius 1 is 1.39 bits per heavy atom. The molecule has 10 nitrogen and oxygen atoms in total. The highest BCUT2D eigenvalue weighted by Crippen LogP contribution is 2.25. The lowest BCUT2D eigenvalue weighted by atomic mass is 10.0. The van der Waals surface area contributed by atoms with Crippen molar-refractivity contribution in [2.75, 3.05) is 37.3 Å². The minimum atomic E-state index is -1.38. The van der Waals surface area contributed by atoms with Crippen molar-refractivity contribution >= 4 is 29.3 Å². The number of rotatable bonds is 6. The van der Waals surface area contributed by atoms with Crippen LogP contribution in [0.3, 0.4) is 0 Å². The molecule has 3 heterocycles. The third-order valence-electron chi connectivity index (χ3n) is 4.88. The fraction of sp³-hybridized carbons (Fsp3) is 0.350. The number of nitrogens with two attached hydrogens (primary N) is 1. The zero-order valence-corrected chi connectivity index (χ0v) is 17.0. The maximum atomic E-state index is 14.9. The van der Waals surface area contributed by atoms with Crippen LogP contribution in [0.15, 0.2) is 36.7 Å². The van der Waals surface area contributed by atoms with Crippen LogP contribution in [0.1, 0.15) is 16.8 Å². The molecule has 0 aromatic carbocycles. The Bertz CT molecular complexity index is 981. The molecule has 3 amide bonds. The Morgan fingerprint density at radius 3 is 2.84 bits per heavy atom. The van der Waals surface area contributed by atoms with Gasteiger partial charge in [-0.05, 0) is 18.6 Å². The summed E-state index contributed by atoms with van der Waals surface area (Å²) in [5, 5.41) is 14.8. The second-order valence-corrected chi connectivity index (χ2v) is 7.12. The van der Waals surface area contributed by atoms with Gasteiger partial charge in [0.1, 0.15) is 24.4 Å². The topological polar surface area (TPSA) is 140 Å². The summed E-state index contributed by atoms with van der Waals surface area (Å²) in [4.78, 5) is 35.1. The zero-order chi connectivity index (χ0) is 22.4. The number of nitriles is 1. The van der Waals surface area contributed by atoms with Crippen LogP contribution >= 0.6 is 0 Å². The number of alkyl halides is 1. The van der Waals surface area contributed by atoms with E-state index in [0.717, 1.165) is 0 Å². The van der Waals surface area contributed by atoms with E-state index < -0.39 is 24.2 Å². The molecule has 0 aliphatic carbocycles. The van der Waals surface area contributed by atoms with Crippen molar-refractivity contribution in [2.24, 2.45) is 5.73 Å². The maximum Gasteiger partial charge on any atom is 0.320 e. The minimum Gasteiger partial charge on any atom is -0.378 e. The van der Waals surface area contributed by atoms with Crippen LogP contribution in [-0.2, 0) is 0 Å². The lowest BCUT2D eigenvalue weighted by Gasteiger charge is -2.37. The molecule has 3 rings (SSSR count). The first-order valence-corrected chi connectivity index (χ1v) is 9.64. The number of urea groups is 1. The van der Waals surface area contributed by atoms with Gasteiger partial charge in [-0.15, -0.1) is 0 Å². The van der Waals surface area contributed by atoms with Gasteiger partial charge in [0, 0.05) is 32.1 Å². The highest BCUT2D eigenvalue weighted by molar-refractivity contribution is 5.98. The van der Waals surface area contributed by atoms with Gasteiger partial charge >= 0.3 is 6.03 Å². The largest absolute Gasteiger partial charge is 0.378 e. The van der Waals surface area contributed by atoms with Crippen molar-refractivity contribution in [3.8, 4) is 6.07 Å². The summed E-state index contributed by atoms with van der Waals surface area (Å²) in [7, 11) is 1.50. The van der Waals surface area contributed by atoms with Crippen LogP contribution in [0, 0.1) is 11.3 Å². The van der Waals surface area contributed by atoms with E-state index in [1.54, 1.807) is 24.4 Å². The van der Waals surface area contributed by atoms with Crippen molar-refractivity contribution in [1.82, 2.24) is 19.8 Å². The molecule has 1 aliphatic heterocycles. The molecule has 0 spiro atoms. The fourth-order valence-corrected chi connectivity index (χ4v) is 3.26. The normalized spacial score (nSPS) is 18.0. The first-order valence-electron chi connectivity index (χ1n) is 9.64. The van der Waals surface area contributed by atoms with Gasteiger partial charge < -0.3 is 26.2 Å². The number of piperidine rings is 1. The Kier molecular flexibility index (Phi) is 6.81. The first-order chi connectivity index (χ1) is 14.9. The second kappa shape index (κ2) is 9.71. The van der Waals surface area contributed by atoms with Gasteiger partial charge in [-0.3, -0.25) is 4.79 Å². The molecule has 162 valence electrons. The number of carbonyl (C=O) groups is 2. The number of hydrogen-bond acceptors (Lipinski definition) is 7. The van der Waals surface area contributed by atoms with E-state index in [1.165, 1.54) is 23.0 Å². The number of nitrogens with zero attached hydrogens (tertiary/aromatic N) is 5. The van der Waals surface area contributed by atoms with Gasteiger partial charge in [-0.2, -0.15) is 5.26 Å². The molecule has 1 aliphatic rings. The Labute approximate surface area is 178 Å². The number of hydrogen-bond donors (Lipinski definition) is 3. The molecule has 2 aromatic rings. The Hall–Kier alpha value is -3.94. The second-order valence-electron chi connectivity index (χ2n) is 7.12. The van der Waals surface area contributed by atoms with Crippen LogP contribution in [0.5, 0.6) is 0 Å². The summed E-state index contributed by atoms with van der Waals surface area (Å²) in [6.07, 6.45) is 1.88.